The number of fused-ring (bicyclic) bond motifs is 1. The third kappa shape index (κ3) is 4.49. The van der Waals surface area contributed by atoms with Crippen LogP contribution in [0.3, 0.4) is 0 Å². The van der Waals surface area contributed by atoms with Gasteiger partial charge in [0.15, 0.2) is 22.5 Å². The van der Waals surface area contributed by atoms with E-state index in [0.717, 1.165) is 37.8 Å². The lowest BCUT2D eigenvalue weighted by atomic mass is 9.96. The zero-order valence-corrected chi connectivity index (χ0v) is 19.4. The molecule has 7 nitrogen and oxygen atoms in total. The molecule has 33 heavy (non-hydrogen) atoms. The molecule has 2 aliphatic rings. The first-order valence-electron chi connectivity index (χ1n) is 11.2. The molecule has 0 radical (unpaired) electrons. The summed E-state index contributed by atoms with van der Waals surface area (Å²) in [5.74, 6) is -0.311. The number of aromatic nitrogens is 3. The molecule has 5 rings (SSSR count). The van der Waals surface area contributed by atoms with E-state index in [1.807, 2.05) is 24.1 Å². The molecule has 174 valence electrons. The van der Waals surface area contributed by atoms with Crippen LogP contribution in [0, 0.1) is 11.6 Å². The Hall–Kier alpha value is -2.85. The Morgan fingerprint density at radius 3 is 2.79 bits per heavy atom. The average Bonchev–Trinajstić information content (AvgIpc) is 3.29. The van der Waals surface area contributed by atoms with Crippen LogP contribution in [0.4, 0.5) is 25.5 Å². The molecule has 1 saturated heterocycles. The Kier molecular flexibility index (Phi) is 6.11. The fourth-order valence-electron chi connectivity index (χ4n) is 4.35. The smallest absolute Gasteiger partial charge is 0.229 e. The second kappa shape index (κ2) is 9.18. The Labute approximate surface area is 195 Å². The van der Waals surface area contributed by atoms with Crippen LogP contribution in [0.2, 0.25) is 0 Å². The number of benzene rings is 1. The Morgan fingerprint density at radius 1 is 1.18 bits per heavy atom. The molecular formula is C23H26F2N6OS. The third-order valence-electron chi connectivity index (χ3n) is 6.05. The molecule has 0 spiro atoms. The van der Waals surface area contributed by atoms with Gasteiger partial charge < -0.3 is 20.3 Å². The lowest BCUT2D eigenvalue weighted by molar-refractivity contribution is 0.287. The van der Waals surface area contributed by atoms with E-state index in [4.69, 9.17) is 4.74 Å². The van der Waals surface area contributed by atoms with Crippen molar-refractivity contribution >= 4 is 28.1 Å². The van der Waals surface area contributed by atoms with Crippen molar-refractivity contribution in [1.29, 1.82) is 0 Å². The number of hydrogen-bond acceptors (Lipinski definition) is 8. The zero-order chi connectivity index (χ0) is 22.9. The standard InChI is InChI=1S/C23H26F2N6OS/c1-13(2)31-7-8-32-21-16(24)9-15(10-19(21)31)20-17(25)11-27-22(29-20)30-23-28-18(12-33-23)14-3-5-26-6-4-14/h9-14,26H,3-8H2,1-2H3,(H,27,28,29,30). The highest BCUT2D eigenvalue weighted by atomic mass is 32.1. The van der Waals surface area contributed by atoms with Gasteiger partial charge in [0.05, 0.1) is 24.1 Å². The van der Waals surface area contributed by atoms with Gasteiger partial charge in [0.25, 0.3) is 0 Å². The van der Waals surface area contributed by atoms with E-state index in [1.54, 1.807) is 6.07 Å². The summed E-state index contributed by atoms with van der Waals surface area (Å²) in [7, 11) is 0. The molecule has 0 bridgehead atoms. The quantitative estimate of drug-likeness (QED) is 0.558. The summed E-state index contributed by atoms with van der Waals surface area (Å²) in [6.45, 7) is 7.08. The number of anilines is 3. The molecule has 2 N–H and O–H groups in total. The SMILES string of the molecule is CC(C)N1CCOc2c(F)cc(-c3nc(Nc4nc(C5CCNCC5)cs4)ncc3F)cc21. The maximum absolute atomic E-state index is 14.9. The zero-order valence-electron chi connectivity index (χ0n) is 18.6. The predicted molar refractivity (Wildman–Crippen MR) is 126 cm³/mol. The van der Waals surface area contributed by atoms with Crippen LogP contribution < -0.4 is 20.3 Å². The number of rotatable bonds is 5. The summed E-state index contributed by atoms with van der Waals surface area (Å²) in [4.78, 5) is 15.1. The Bertz CT molecular complexity index is 1150. The highest BCUT2D eigenvalue weighted by Crippen LogP contribution is 2.39. The van der Waals surface area contributed by atoms with Crippen molar-refractivity contribution in [1.82, 2.24) is 20.3 Å². The molecule has 0 unspecified atom stereocenters. The summed E-state index contributed by atoms with van der Waals surface area (Å²) in [6, 6.07) is 3.13. The average molecular weight is 473 g/mol. The molecule has 3 aromatic rings. The minimum Gasteiger partial charge on any atom is -0.486 e. The van der Waals surface area contributed by atoms with Crippen molar-refractivity contribution in [2.75, 3.05) is 36.5 Å². The van der Waals surface area contributed by atoms with E-state index in [2.05, 4.69) is 25.6 Å². The van der Waals surface area contributed by atoms with E-state index >= 15 is 0 Å². The number of piperidine rings is 1. The first-order valence-corrected chi connectivity index (χ1v) is 12.1. The third-order valence-corrected chi connectivity index (χ3v) is 6.83. The molecule has 0 saturated carbocycles. The molecule has 1 fully saturated rings. The first kappa shape index (κ1) is 22.0. The Balaban J connectivity index is 1.43. The second-order valence-corrected chi connectivity index (χ2v) is 9.42. The van der Waals surface area contributed by atoms with Gasteiger partial charge in [-0.25, -0.2) is 23.7 Å². The maximum Gasteiger partial charge on any atom is 0.229 e. The van der Waals surface area contributed by atoms with E-state index in [9.17, 15) is 8.78 Å². The number of thiazole rings is 1. The number of halogens is 2. The summed E-state index contributed by atoms with van der Waals surface area (Å²) in [5.41, 5.74) is 2.01. The maximum atomic E-state index is 14.9. The van der Waals surface area contributed by atoms with Crippen LogP contribution in [-0.2, 0) is 0 Å². The van der Waals surface area contributed by atoms with Crippen molar-refractivity contribution < 1.29 is 13.5 Å². The monoisotopic (exact) mass is 472 g/mol. The molecule has 0 aliphatic carbocycles. The van der Waals surface area contributed by atoms with Gasteiger partial charge in [-0.2, -0.15) is 0 Å². The van der Waals surface area contributed by atoms with E-state index < -0.39 is 11.6 Å². The minimum absolute atomic E-state index is 0.0265. The molecule has 0 amide bonds. The van der Waals surface area contributed by atoms with Crippen LogP contribution in [0.15, 0.2) is 23.7 Å². The molecule has 2 aromatic heterocycles. The number of nitrogens with zero attached hydrogens (tertiary/aromatic N) is 4. The van der Waals surface area contributed by atoms with Gasteiger partial charge in [0, 0.05) is 22.9 Å². The van der Waals surface area contributed by atoms with E-state index in [0.29, 0.717) is 35.5 Å². The summed E-state index contributed by atoms with van der Waals surface area (Å²) >= 11 is 1.47. The number of hydrogen-bond donors (Lipinski definition) is 2. The van der Waals surface area contributed by atoms with Gasteiger partial charge in [0.1, 0.15) is 12.3 Å². The van der Waals surface area contributed by atoms with Gasteiger partial charge in [-0.3, -0.25) is 0 Å². The molecule has 1 aromatic carbocycles. The highest BCUT2D eigenvalue weighted by molar-refractivity contribution is 7.13. The van der Waals surface area contributed by atoms with Crippen molar-refractivity contribution in [2.45, 2.75) is 38.6 Å². The van der Waals surface area contributed by atoms with Gasteiger partial charge in [-0.05, 0) is 51.9 Å². The first-order chi connectivity index (χ1) is 16.0. The van der Waals surface area contributed by atoms with Gasteiger partial charge in [-0.15, -0.1) is 11.3 Å². The molecular weight excluding hydrogens is 446 g/mol. The number of ether oxygens (including phenoxy) is 1. The fraction of sp³-hybridized carbons (Fsp3) is 0.435. The Morgan fingerprint density at radius 2 is 2.00 bits per heavy atom. The number of nitrogens with one attached hydrogen (secondary N) is 2. The molecule has 2 aliphatic heterocycles. The largest absolute Gasteiger partial charge is 0.486 e. The topological polar surface area (TPSA) is 75.2 Å². The van der Waals surface area contributed by atoms with Crippen LogP contribution in [0.1, 0.15) is 38.3 Å². The minimum atomic E-state index is -0.623. The normalized spacial score (nSPS) is 16.6. The van der Waals surface area contributed by atoms with Gasteiger partial charge in [-0.1, -0.05) is 0 Å². The lowest BCUT2D eigenvalue weighted by Crippen LogP contribution is -2.38. The molecule has 0 atom stereocenters. The summed E-state index contributed by atoms with van der Waals surface area (Å²) in [5, 5.41) is 9.13. The van der Waals surface area contributed by atoms with Crippen LogP contribution >= 0.6 is 11.3 Å². The molecule has 4 heterocycles. The van der Waals surface area contributed by atoms with Crippen molar-refractivity contribution in [2.24, 2.45) is 0 Å². The summed E-state index contributed by atoms with van der Waals surface area (Å²) < 4.78 is 35.1. The molecule has 10 heteroatoms. The van der Waals surface area contributed by atoms with E-state index in [-0.39, 0.29) is 23.4 Å². The van der Waals surface area contributed by atoms with Gasteiger partial charge in [0.2, 0.25) is 5.95 Å². The van der Waals surface area contributed by atoms with Crippen LogP contribution in [-0.4, -0.2) is 47.2 Å². The lowest BCUT2D eigenvalue weighted by Gasteiger charge is -2.34. The second-order valence-electron chi connectivity index (χ2n) is 8.56. The predicted octanol–water partition coefficient (Wildman–Crippen LogP) is 4.70. The van der Waals surface area contributed by atoms with E-state index in [1.165, 1.54) is 17.4 Å². The van der Waals surface area contributed by atoms with Gasteiger partial charge >= 0.3 is 0 Å². The van der Waals surface area contributed by atoms with Crippen molar-refractivity contribution in [3.05, 3.63) is 41.0 Å². The van der Waals surface area contributed by atoms with Crippen molar-refractivity contribution in [3.63, 3.8) is 0 Å². The summed E-state index contributed by atoms with van der Waals surface area (Å²) in [6.07, 6.45) is 3.21. The fourth-order valence-corrected chi connectivity index (χ4v) is 5.13. The van der Waals surface area contributed by atoms with Crippen LogP contribution in [0.5, 0.6) is 5.75 Å². The van der Waals surface area contributed by atoms with Crippen molar-refractivity contribution in [3.8, 4) is 17.0 Å². The van der Waals surface area contributed by atoms with Crippen LogP contribution in [0.25, 0.3) is 11.3 Å². The highest BCUT2D eigenvalue weighted by Gasteiger charge is 2.26.